The molecule has 0 bridgehead atoms. The third-order valence-electron chi connectivity index (χ3n) is 2.46. The number of nitro benzene ring substituents is 1. The van der Waals surface area contributed by atoms with E-state index in [2.05, 4.69) is 0 Å². The minimum Gasteiger partial charge on any atom is -0.258 e. The molecule has 0 aliphatic carbocycles. The molecule has 0 aliphatic heterocycles. The Hall–Kier alpha value is -2.58. The van der Waals surface area contributed by atoms with Crippen molar-refractivity contribution in [3.63, 3.8) is 0 Å². The smallest absolute Gasteiger partial charge is 0.258 e. The van der Waals surface area contributed by atoms with E-state index in [9.17, 15) is 30.3 Å². The topological polar surface area (TPSA) is 129 Å². The second-order valence-electron chi connectivity index (χ2n) is 3.70. The number of aryl methyl sites for hydroxylation is 2. The summed E-state index contributed by atoms with van der Waals surface area (Å²) in [6.07, 6.45) is -2.19. The zero-order valence-corrected chi connectivity index (χ0v) is 9.52. The van der Waals surface area contributed by atoms with E-state index in [1.165, 1.54) is 19.9 Å². The Kier molecular flexibility index (Phi) is 3.55. The molecule has 0 saturated carbocycles. The summed E-state index contributed by atoms with van der Waals surface area (Å²) in [6, 6.07) is 2.22. The molecule has 1 aromatic carbocycles. The van der Waals surface area contributed by atoms with Crippen molar-refractivity contribution in [2.45, 2.75) is 20.0 Å². The molecule has 0 unspecified atom stereocenters. The van der Waals surface area contributed by atoms with E-state index in [-0.39, 0.29) is 16.8 Å². The average molecular weight is 255 g/mol. The van der Waals surface area contributed by atoms with Crippen molar-refractivity contribution in [1.82, 2.24) is 0 Å². The molecule has 18 heavy (non-hydrogen) atoms. The number of hydrogen-bond donors (Lipinski definition) is 0. The number of rotatable bonds is 4. The van der Waals surface area contributed by atoms with Gasteiger partial charge in [-0.25, -0.2) is 0 Å². The van der Waals surface area contributed by atoms with Crippen LogP contribution < -0.4 is 0 Å². The Morgan fingerprint density at radius 3 is 1.83 bits per heavy atom. The lowest BCUT2D eigenvalue weighted by Gasteiger charge is -2.07. The minimum absolute atomic E-state index is 0.275. The molecule has 0 atom stereocenters. The highest BCUT2D eigenvalue weighted by molar-refractivity contribution is 5.46. The molecule has 9 nitrogen and oxygen atoms in total. The monoisotopic (exact) mass is 255 g/mol. The maximum Gasteiger partial charge on any atom is 0.477 e. The van der Waals surface area contributed by atoms with Crippen LogP contribution in [-0.2, 0) is 0 Å². The molecule has 0 heterocycles. The molecule has 1 aromatic rings. The molecule has 0 saturated heterocycles. The van der Waals surface area contributed by atoms with Gasteiger partial charge in [-0.3, -0.25) is 30.3 Å². The number of hydrogen-bond acceptors (Lipinski definition) is 6. The summed E-state index contributed by atoms with van der Waals surface area (Å²) >= 11 is 0. The Morgan fingerprint density at radius 1 is 0.944 bits per heavy atom. The van der Waals surface area contributed by atoms with Crippen LogP contribution in [0.25, 0.3) is 0 Å². The first-order chi connectivity index (χ1) is 8.25. The highest BCUT2D eigenvalue weighted by atomic mass is 16.7. The lowest BCUT2D eigenvalue weighted by atomic mass is 10.0. The first-order valence-corrected chi connectivity index (χ1v) is 4.78. The van der Waals surface area contributed by atoms with Crippen LogP contribution in [0.3, 0.4) is 0 Å². The van der Waals surface area contributed by atoms with Gasteiger partial charge in [0.1, 0.15) is 15.4 Å². The van der Waals surface area contributed by atoms with Crippen LogP contribution in [0.15, 0.2) is 12.1 Å². The van der Waals surface area contributed by atoms with Crippen LogP contribution in [0, 0.1) is 44.2 Å². The third kappa shape index (κ3) is 2.39. The molecular weight excluding hydrogens is 246 g/mol. The first kappa shape index (κ1) is 13.5. The van der Waals surface area contributed by atoms with Gasteiger partial charge in [0.25, 0.3) is 5.69 Å². The summed E-state index contributed by atoms with van der Waals surface area (Å²) in [4.78, 5) is 29.1. The molecule has 0 spiro atoms. The number of nitrogens with zero attached hydrogens (tertiary/aromatic N) is 3. The van der Waals surface area contributed by atoms with Crippen LogP contribution >= 0.6 is 0 Å². The van der Waals surface area contributed by atoms with Gasteiger partial charge in [-0.1, -0.05) is 0 Å². The average Bonchev–Trinajstić information content (AvgIpc) is 2.19. The standard InChI is InChI=1S/C9H9N3O6/c1-5-3-6(2)8(10(13)14)4-7(5)9(11(15)16)12(17)18/h3-4,9H,1-2H3. The highest BCUT2D eigenvalue weighted by Gasteiger charge is 2.37. The predicted molar refractivity (Wildman–Crippen MR) is 59.3 cm³/mol. The van der Waals surface area contributed by atoms with Gasteiger partial charge < -0.3 is 0 Å². The fourth-order valence-corrected chi connectivity index (χ4v) is 1.64. The van der Waals surface area contributed by atoms with Crippen LogP contribution in [0.4, 0.5) is 5.69 Å². The first-order valence-electron chi connectivity index (χ1n) is 4.78. The summed E-state index contributed by atoms with van der Waals surface area (Å²) in [5.74, 6) is 0. The summed E-state index contributed by atoms with van der Waals surface area (Å²) in [7, 11) is 0. The van der Waals surface area contributed by atoms with Gasteiger partial charge in [0.15, 0.2) is 0 Å². The van der Waals surface area contributed by atoms with Crippen molar-refractivity contribution in [2.24, 2.45) is 0 Å². The molecular formula is C9H9N3O6. The van der Waals surface area contributed by atoms with E-state index >= 15 is 0 Å². The third-order valence-corrected chi connectivity index (χ3v) is 2.46. The van der Waals surface area contributed by atoms with Gasteiger partial charge in [0.05, 0.1) is 4.92 Å². The van der Waals surface area contributed by atoms with E-state index in [1.54, 1.807) is 0 Å². The highest BCUT2D eigenvalue weighted by Crippen LogP contribution is 2.28. The van der Waals surface area contributed by atoms with Crippen molar-refractivity contribution in [3.05, 3.63) is 59.2 Å². The number of nitro groups is 3. The molecule has 96 valence electrons. The zero-order chi connectivity index (χ0) is 14.0. The van der Waals surface area contributed by atoms with Crippen molar-refractivity contribution < 1.29 is 14.8 Å². The molecule has 9 heteroatoms. The Labute approximate surface area is 100 Å². The predicted octanol–water partition coefficient (Wildman–Crippen LogP) is 1.76. The number of benzene rings is 1. The van der Waals surface area contributed by atoms with Crippen LogP contribution in [0.2, 0.25) is 0 Å². The Morgan fingerprint density at radius 2 is 1.44 bits per heavy atom. The Bertz CT molecular complexity index is 527. The maximum atomic E-state index is 10.7. The van der Waals surface area contributed by atoms with Crippen molar-refractivity contribution in [2.75, 3.05) is 0 Å². The van der Waals surface area contributed by atoms with E-state index in [0.29, 0.717) is 5.56 Å². The normalized spacial score (nSPS) is 10.4. The largest absolute Gasteiger partial charge is 0.477 e. The van der Waals surface area contributed by atoms with Crippen LogP contribution in [0.5, 0.6) is 0 Å². The Balaban J connectivity index is 3.48. The van der Waals surface area contributed by atoms with Crippen molar-refractivity contribution in [3.8, 4) is 0 Å². The second-order valence-corrected chi connectivity index (χ2v) is 3.70. The van der Waals surface area contributed by atoms with E-state index < -0.39 is 20.9 Å². The maximum absolute atomic E-state index is 10.7. The molecule has 0 fully saturated rings. The van der Waals surface area contributed by atoms with Gasteiger partial charge in [-0.2, -0.15) is 0 Å². The van der Waals surface area contributed by atoms with Crippen molar-refractivity contribution >= 4 is 5.69 Å². The van der Waals surface area contributed by atoms with E-state index in [4.69, 9.17) is 0 Å². The van der Waals surface area contributed by atoms with Crippen molar-refractivity contribution in [1.29, 1.82) is 0 Å². The summed E-state index contributed by atoms with van der Waals surface area (Å²) < 4.78 is 0. The quantitative estimate of drug-likeness (QED) is 0.457. The summed E-state index contributed by atoms with van der Waals surface area (Å²) in [5.41, 5.74) is -0.0743. The lowest BCUT2D eigenvalue weighted by Crippen LogP contribution is -2.21. The summed E-state index contributed by atoms with van der Waals surface area (Å²) in [5, 5.41) is 32.0. The fraction of sp³-hybridized carbons (Fsp3) is 0.333. The van der Waals surface area contributed by atoms with Gasteiger partial charge in [-0.15, -0.1) is 0 Å². The second kappa shape index (κ2) is 4.73. The molecule has 1 rings (SSSR count). The zero-order valence-electron chi connectivity index (χ0n) is 9.52. The van der Waals surface area contributed by atoms with E-state index in [1.807, 2.05) is 0 Å². The molecule has 0 aliphatic rings. The van der Waals surface area contributed by atoms with E-state index in [0.717, 1.165) is 6.07 Å². The molecule has 0 N–H and O–H groups in total. The molecule has 0 aromatic heterocycles. The molecule has 0 amide bonds. The minimum atomic E-state index is -2.19. The lowest BCUT2D eigenvalue weighted by molar-refractivity contribution is -0.752. The van der Waals surface area contributed by atoms with Crippen LogP contribution in [0.1, 0.15) is 22.9 Å². The SMILES string of the molecule is Cc1cc(C)c([N+](=O)[O-])cc1C([N+](=O)[O-])[N+](=O)[O-]. The fourth-order valence-electron chi connectivity index (χ4n) is 1.64. The van der Waals surface area contributed by atoms with Crippen LogP contribution in [-0.4, -0.2) is 14.8 Å². The molecule has 0 radical (unpaired) electrons. The van der Waals surface area contributed by atoms with Gasteiger partial charge >= 0.3 is 6.17 Å². The van der Waals surface area contributed by atoms with Gasteiger partial charge in [0, 0.05) is 11.6 Å². The van der Waals surface area contributed by atoms with Gasteiger partial charge in [0.2, 0.25) is 0 Å². The van der Waals surface area contributed by atoms with Gasteiger partial charge in [-0.05, 0) is 25.5 Å². The summed E-state index contributed by atoms with van der Waals surface area (Å²) in [6.45, 7) is 2.90.